The van der Waals surface area contributed by atoms with E-state index >= 15 is 0 Å². The minimum atomic E-state index is -2.85. The van der Waals surface area contributed by atoms with Gasteiger partial charge in [-0.05, 0) is 72.0 Å². The Hall–Kier alpha value is -3.95. The first-order chi connectivity index (χ1) is 16.3. The summed E-state index contributed by atoms with van der Waals surface area (Å²) in [5.74, 6) is -0.926. The van der Waals surface area contributed by atoms with E-state index in [1.807, 2.05) is 0 Å². The first-order valence-electron chi connectivity index (χ1n) is 10.6. The fourth-order valence-electron chi connectivity index (χ4n) is 3.99. The molecule has 0 radical (unpaired) electrons. The van der Waals surface area contributed by atoms with E-state index in [1.54, 1.807) is 30.3 Å². The lowest BCUT2D eigenvalue weighted by Crippen LogP contribution is -2.41. The van der Waals surface area contributed by atoms with E-state index in [-0.39, 0.29) is 23.2 Å². The second-order valence-corrected chi connectivity index (χ2v) is 8.22. The van der Waals surface area contributed by atoms with Crippen molar-refractivity contribution in [1.29, 1.82) is 0 Å². The number of rotatable bonds is 6. The van der Waals surface area contributed by atoms with Crippen LogP contribution in [0.25, 0.3) is 11.1 Å². The molecule has 7 nitrogen and oxygen atoms in total. The fourth-order valence-corrected chi connectivity index (χ4v) is 3.99. The Labute approximate surface area is 193 Å². The molecule has 1 fully saturated rings. The molecule has 10 heteroatoms. The molecular formula is C24H20F3N5O2. The molecule has 1 aliphatic heterocycles. The van der Waals surface area contributed by atoms with Crippen LogP contribution in [0.15, 0.2) is 59.9 Å². The Bertz CT molecular complexity index is 1310. The maximum Gasteiger partial charge on any atom is 0.280 e. The molecule has 1 aliphatic carbocycles. The highest BCUT2D eigenvalue weighted by Crippen LogP contribution is 2.43. The van der Waals surface area contributed by atoms with Crippen molar-refractivity contribution >= 4 is 11.9 Å². The van der Waals surface area contributed by atoms with Crippen molar-refractivity contribution in [1.82, 2.24) is 14.9 Å². The summed E-state index contributed by atoms with van der Waals surface area (Å²) in [7, 11) is 1.45. The molecule has 0 spiro atoms. The maximum absolute atomic E-state index is 14.6. The third-order valence-electron chi connectivity index (χ3n) is 5.88. The number of alkyl halides is 2. The number of carbonyl (C=O) groups is 1. The van der Waals surface area contributed by atoms with Crippen molar-refractivity contribution in [3.63, 3.8) is 0 Å². The van der Waals surface area contributed by atoms with Gasteiger partial charge in [0.05, 0.1) is 6.10 Å². The number of nitrogens with zero attached hydrogens (tertiary/aromatic N) is 4. The number of aromatic nitrogens is 2. The Balaban J connectivity index is 1.77. The molecular weight excluding hydrogens is 447 g/mol. The highest BCUT2D eigenvalue weighted by Gasteiger charge is 2.50. The highest BCUT2D eigenvalue weighted by molar-refractivity contribution is 6.09. The van der Waals surface area contributed by atoms with E-state index in [9.17, 15) is 18.0 Å². The molecule has 1 aromatic carbocycles. The molecule has 0 saturated heterocycles. The van der Waals surface area contributed by atoms with E-state index in [0.717, 1.165) is 23.8 Å². The van der Waals surface area contributed by atoms with Crippen molar-refractivity contribution < 1.29 is 22.7 Å². The van der Waals surface area contributed by atoms with E-state index in [4.69, 9.17) is 10.5 Å². The summed E-state index contributed by atoms with van der Waals surface area (Å²) in [4.78, 5) is 26.6. The van der Waals surface area contributed by atoms with Crippen LogP contribution >= 0.6 is 0 Å². The summed E-state index contributed by atoms with van der Waals surface area (Å²) in [6.45, 7) is 0. The van der Waals surface area contributed by atoms with E-state index in [1.165, 1.54) is 25.5 Å². The summed E-state index contributed by atoms with van der Waals surface area (Å²) in [5.41, 5.74) is 4.79. The molecule has 1 amide bonds. The number of amides is 1. The molecule has 3 heterocycles. The largest absolute Gasteiger partial charge is 0.490 e. The van der Waals surface area contributed by atoms with Crippen molar-refractivity contribution in [3.05, 3.63) is 77.6 Å². The van der Waals surface area contributed by atoms with Gasteiger partial charge in [-0.1, -0.05) is 0 Å². The molecule has 2 N–H and O–H groups in total. The van der Waals surface area contributed by atoms with Crippen LogP contribution in [-0.2, 0) is 10.3 Å². The number of likely N-dealkylation sites (N-methyl/N-ethyl adjacent to an activating group) is 1. The van der Waals surface area contributed by atoms with Crippen molar-refractivity contribution in [2.75, 3.05) is 7.05 Å². The smallest absolute Gasteiger partial charge is 0.280 e. The van der Waals surface area contributed by atoms with Gasteiger partial charge in [0, 0.05) is 25.0 Å². The maximum atomic E-state index is 14.6. The molecule has 1 atom stereocenters. The van der Waals surface area contributed by atoms with Crippen LogP contribution < -0.4 is 10.5 Å². The van der Waals surface area contributed by atoms with Gasteiger partial charge in [-0.25, -0.2) is 18.8 Å². The lowest BCUT2D eigenvalue weighted by molar-refractivity contribution is -0.129. The Morgan fingerprint density at radius 1 is 1.12 bits per heavy atom. The van der Waals surface area contributed by atoms with Gasteiger partial charge in [-0.2, -0.15) is 4.39 Å². The normalized spacial score (nSPS) is 20.1. The Morgan fingerprint density at radius 2 is 1.91 bits per heavy atom. The number of guanidine groups is 1. The number of nitrogens with two attached hydrogens (primary N) is 1. The van der Waals surface area contributed by atoms with Crippen molar-refractivity contribution in [2.24, 2.45) is 10.7 Å². The van der Waals surface area contributed by atoms with Gasteiger partial charge in [0.1, 0.15) is 11.4 Å². The number of ether oxygens (including phenoxy) is 1. The van der Waals surface area contributed by atoms with E-state index in [2.05, 4.69) is 15.0 Å². The molecule has 174 valence electrons. The number of carbonyl (C=O) groups excluding carboxylic acids is 1. The predicted octanol–water partition coefficient (Wildman–Crippen LogP) is 3.79. The summed E-state index contributed by atoms with van der Waals surface area (Å²) in [6.07, 6.45) is 1.44. The highest BCUT2D eigenvalue weighted by atomic mass is 19.3. The van der Waals surface area contributed by atoms with Crippen LogP contribution in [0.4, 0.5) is 13.2 Å². The Kier molecular flexibility index (Phi) is 5.22. The molecule has 0 bridgehead atoms. The molecule has 1 unspecified atom stereocenters. The number of aliphatic imine (C=N–C) groups is 1. The SMILES string of the molecule is CN1C(=O)C(c2cc(OC3CC3)cc(-c3cccnc3F)c2)(c2ccnc(C(F)F)c2)N=C1N. The monoisotopic (exact) mass is 467 g/mol. The molecule has 2 aromatic heterocycles. The van der Waals surface area contributed by atoms with Crippen LogP contribution in [0.1, 0.15) is 36.1 Å². The van der Waals surface area contributed by atoms with E-state index < -0.39 is 29.5 Å². The Morgan fingerprint density at radius 3 is 2.56 bits per heavy atom. The zero-order valence-electron chi connectivity index (χ0n) is 18.1. The van der Waals surface area contributed by atoms with Gasteiger partial charge in [0.15, 0.2) is 11.5 Å². The first-order valence-corrected chi connectivity index (χ1v) is 10.6. The van der Waals surface area contributed by atoms with Crippen LogP contribution in [0.5, 0.6) is 5.75 Å². The van der Waals surface area contributed by atoms with Crippen molar-refractivity contribution in [3.8, 4) is 16.9 Å². The summed E-state index contributed by atoms with van der Waals surface area (Å²) in [5, 5.41) is 0. The van der Waals surface area contributed by atoms with E-state index in [0.29, 0.717) is 16.9 Å². The molecule has 3 aromatic rings. The average Bonchev–Trinajstić information content (AvgIpc) is 3.61. The second-order valence-electron chi connectivity index (χ2n) is 8.22. The minimum absolute atomic E-state index is 0.0136. The van der Waals surface area contributed by atoms with Gasteiger partial charge in [-0.15, -0.1) is 0 Å². The predicted molar refractivity (Wildman–Crippen MR) is 118 cm³/mol. The third kappa shape index (κ3) is 3.64. The molecule has 1 saturated carbocycles. The molecule has 34 heavy (non-hydrogen) atoms. The number of pyridine rings is 2. The topological polar surface area (TPSA) is 93.7 Å². The summed E-state index contributed by atoms with van der Waals surface area (Å²) < 4.78 is 47.5. The second kappa shape index (κ2) is 8.12. The molecule has 2 aliphatic rings. The lowest BCUT2D eigenvalue weighted by Gasteiger charge is -2.27. The number of halogens is 3. The van der Waals surface area contributed by atoms with Gasteiger partial charge in [-0.3, -0.25) is 14.7 Å². The van der Waals surface area contributed by atoms with Gasteiger partial charge in [0.25, 0.3) is 12.3 Å². The number of hydrogen-bond acceptors (Lipinski definition) is 6. The number of benzene rings is 1. The zero-order valence-corrected chi connectivity index (χ0v) is 18.1. The number of hydrogen-bond donors (Lipinski definition) is 1. The lowest BCUT2D eigenvalue weighted by atomic mass is 9.81. The quantitative estimate of drug-likeness (QED) is 0.557. The van der Waals surface area contributed by atoms with Gasteiger partial charge in [0.2, 0.25) is 5.95 Å². The van der Waals surface area contributed by atoms with Crippen LogP contribution in [-0.4, -0.2) is 39.9 Å². The van der Waals surface area contributed by atoms with Crippen LogP contribution in [0.3, 0.4) is 0 Å². The fraction of sp³-hybridized carbons (Fsp3) is 0.250. The molecule has 5 rings (SSSR count). The average molecular weight is 467 g/mol. The van der Waals surface area contributed by atoms with Gasteiger partial charge >= 0.3 is 0 Å². The third-order valence-corrected chi connectivity index (χ3v) is 5.88. The standard InChI is InChI=1S/C24H20F3N5O2/c1-32-22(33)24(31-23(32)28,14-6-8-29-19(12-14)20(25)26)15-9-13(18-3-2-7-30-21(18)27)10-17(11-15)34-16-4-5-16/h2-3,6-12,16,20H,4-5H2,1H3,(H2,28,31). The van der Waals surface area contributed by atoms with Gasteiger partial charge < -0.3 is 10.5 Å². The van der Waals surface area contributed by atoms with Crippen LogP contribution in [0.2, 0.25) is 0 Å². The first kappa shape index (κ1) is 21.9. The minimum Gasteiger partial charge on any atom is -0.490 e. The summed E-state index contributed by atoms with van der Waals surface area (Å²) in [6, 6.07) is 10.6. The summed E-state index contributed by atoms with van der Waals surface area (Å²) >= 11 is 0. The van der Waals surface area contributed by atoms with Crippen LogP contribution in [0, 0.1) is 5.95 Å². The zero-order chi connectivity index (χ0) is 24.0. The van der Waals surface area contributed by atoms with Crippen molar-refractivity contribution in [2.45, 2.75) is 30.9 Å².